The monoisotopic (exact) mass is 387 g/mol. The normalized spacial score (nSPS) is 11.8. The highest BCUT2D eigenvalue weighted by Gasteiger charge is 2.23. The first kappa shape index (κ1) is 18.2. The Labute approximate surface area is 160 Å². The Hall–Kier alpha value is -2.63. The van der Waals surface area contributed by atoms with E-state index in [1.165, 1.54) is 6.92 Å². The molecule has 1 aromatic heterocycles. The molecule has 0 radical (unpaired) electrons. The lowest BCUT2D eigenvalue weighted by Crippen LogP contribution is -2.35. The van der Waals surface area contributed by atoms with Gasteiger partial charge in [0.1, 0.15) is 6.04 Å². The molecule has 2 aromatic carbocycles. The fourth-order valence-electron chi connectivity index (χ4n) is 2.62. The van der Waals surface area contributed by atoms with E-state index in [1.807, 2.05) is 24.3 Å². The van der Waals surface area contributed by atoms with Crippen molar-refractivity contribution in [3.8, 4) is 0 Å². The molecule has 0 fully saturated rings. The quantitative estimate of drug-likeness (QED) is 0.698. The lowest BCUT2D eigenvalue weighted by molar-refractivity contribution is -0.125. The predicted octanol–water partition coefficient (Wildman–Crippen LogP) is 4.36. The zero-order valence-electron chi connectivity index (χ0n) is 13.8. The number of hydrogen-bond acceptors (Lipinski definition) is 3. The first-order chi connectivity index (χ1) is 12.5. The average Bonchev–Trinajstić information content (AvgIpc) is 2.62. The maximum absolute atomic E-state index is 12.9. The smallest absolute Gasteiger partial charge is 0.251 e. The number of hydrogen-bond donors (Lipinski definition) is 2. The van der Waals surface area contributed by atoms with Crippen LogP contribution in [0, 0.1) is 0 Å². The number of amides is 2. The van der Waals surface area contributed by atoms with Gasteiger partial charge in [0.15, 0.2) is 0 Å². The van der Waals surface area contributed by atoms with Crippen molar-refractivity contribution in [3.63, 3.8) is 0 Å². The van der Waals surface area contributed by atoms with Crippen LogP contribution in [0.2, 0.25) is 10.0 Å². The molecule has 0 aliphatic carbocycles. The Balaban J connectivity index is 1.94. The minimum atomic E-state index is -0.916. The van der Waals surface area contributed by atoms with Gasteiger partial charge in [0.2, 0.25) is 5.91 Å². The van der Waals surface area contributed by atoms with E-state index in [1.54, 1.807) is 30.6 Å². The molecule has 1 atom stereocenters. The second kappa shape index (κ2) is 7.72. The van der Waals surface area contributed by atoms with Gasteiger partial charge in [-0.05, 0) is 17.7 Å². The van der Waals surface area contributed by atoms with Crippen LogP contribution in [0.15, 0.2) is 54.9 Å². The molecule has 0 bridgehead atoms. The van der Waals surface area contributed by atoms with Gasteiger partial charge in [-0.3, -0.25) is 14.6 Å². The number of carbonyl (C=O) groups excluding carboxylic acids is 2. The molecule has 3 rings (SSSR count). The van der Waals surface area contributed by atoms with Crippen LogP contribution in [-0.4, -0.2) is 16.8 Å². The van der Waals surface area contributed by atoms with Crippen molar-refractivity contribution in [2.45, 2.75) is 13.0 Å². The molecular formula is C19H15Cl2N3O2. The molecule has 7 heteroatoms. The molecule has 0 saturated heterocycles. The van der Waals surface area contributed by atoms with Gasteiger partial charge in [-0.2, -0.15) is 0 Å². The molecule has 2 N–H and O–H groups in total. The summed E-state index contributed by atoms with van der Waals surface area (Å²) in [6, 6.07) is 11.4. The topological polar surface area (TPSA) is 71.1 Å². The van der Waals surface area contributed by atoms with Crippen LogP contribution in [0.1, 0.15) is 18.5 Å². The van der Waals surface area contributed by atoms with Gasteiger partial charge in [-0.1, -0.05) is 53.5 Å². The number of benzene rings is 2. The van der Waals surface area contributed by atoms with Crippen molar-refractivity contribution in [1.82, 2.24) is 10.3 Å². The third-order valence-electron chi connectivity index (χ3n) is 3.81. The van der Waals surface area contributed by atoms with E-state index in [-0.39, 0.29) is 5.91 Å². The average molecular weight is 388 g/mol. The van der Waals surface area contributed by atoms with Crippen LogP contribution in [0.5, 0.6) is 0 Å². The Bertz CT molecular complexity index is 986. The molecule has 0 aliphatic heterocycles. The fraction of sp³-hybridized carbons (Fsp3) is 0.105. The maximum Gasteiger partial charge on any atom is 0.251 e. The summed E-state index contributed by atoms with van der Waals surface area (Å²) in [7, 11) is 0. The minimum absolute atomic E-state index is 0.305. The van der Waals surface area contributed by atoms with Gasteiger partial charge < -0.3 is 10.6 Å². The summed E-state index contributed by atoms with van der Waals surface area (Å²) >= 11 is 12.0. The number of fused-ring (bicyclic) bond motifs is 1. The van der Waals surface area contributed by atoms with Crippen LogP contribution in [-0.2, 0) is 9.59 Å². The SMILES string of the molecule is CC(=O)NC(C(=O)Nc1cncc2ccccc12)c1ccc(Cl)c(Cl)c1. The molecule has 26 heavy (non-hydrogen) atoms. The summed E-state index contributed by atoms with van der Waals surface area (Å²) in [6.45, 7) is 1.34. The summed E-state index contributed by atoms with van der Waals surface area (Å²) < 4.78 is 0. The Morgan fingerprint density at radius 1 is 1.04 bits per heavy atom. The summed E-state index contributed by atoms with van der Waals surface area (Å²) in [5, 5.41) is 7.90. The standard InChI is InChI=1S/C19H15Cl2N3O2/c1-11(25)23-18(12-6-7-15(20)16(21)8-12)19(26)24-17-10-22-9-13-4-2-3-5-14(13)17/h2-10,18H,1H3,(H,23,25)(H,24,26). The van der Waals surface area contributed by atoms with E-state index in [0.29, 0.717) is 21.3 Å². The van der Waals surface area contributed by atoms with Crippen molar-refractivity contribution >= 4 is 51.5 Å². The lowest BCUT2D eigenvalue weighted by Gasteiger charge is -2.19. The van der Waals surface area contributed by atoms with Crippen molar-refractivity contribution in [1.29, 1.82) is 0 Å². The van der Waals surface area contributed by atoms with Crippen LogP contribution in [0.25, 0.3) is 10.8 Å². The summed E-state index contributed by atoms with van der Waals surface area (Å²) in [4.78, 5) is 28.6. The number of nitrogens with zero attached hydrogens (tertiary/aromatic N) is 1. The number of nitrogens with one attached hydrogen (secondary N) is 2. The number of aromatic nitrogens is 1. The Morgan fingerprint density at radius 3 is 2.54 bits per heavy atom. The van der Waals surface area contributed by atoms with Crippen molar-refractivity contribution in [2.24, 2.45) is 0 Å². The number of carbonyl (C=O) groups is 2. The fourth-order valence-corrected chi connectivity index (χ4v) is 2.92. The number of rotatable bonds is 4. The third kappa shape index (κ3) is 3.95. The highest BCUT2D eigenvalue weighted by Crippen LogP contribution is 2.27. The van der Waals surface area contributed by atoms with Crippen LogP contribution < -0.4 is 10.6 Å². The highest BCUT2D eigenvalue weighted by atomic mass is 35.5. The van der Waals surface area contributed by atoms with Crippen LogP contribution in [0.3, 0.4) is 0 Å². The Morgan fingerprint density at radius 2 is 1.81 bits per heavy atom. The van der Waals surface area contributed by atoms with E-state index in [4.69, 9.17) is 23.2 Å². The van der Waals surface area contributed by atoms with E-state index < -0.39 is 11.9 Å². The van der Waals surface area contributed by atoms with Gasteiger partial charge in [0.25, 0.3) is 5.91 Å². The molecule has 0 aliphatic rings. The van der Waals surface area contributed by atoms with Crippen molar-refractivity contribution < 1.29 is 9.59 Å². The molecule has 5 nitrogen and oxygen atoms in total. The van der Waals surface area contributed by atoms with Gasteiger partial charge in [0, 0.05) is 23.9 Å². The number of pyridine rings is 1. The molecule has 2 amide bonds. The zero-order valence-corrected chi connectivity index (χ0v) is 15.3. The maximum atomic E-state index is 12.9. The first-order valence-electron chi connectivity index (χ1n) is 7.81. The van der Waals surface area contributed by atoms with Gasteiger partial charge >= 0.3 is 0 Å². The lowest BCUT2D eigenvalue weighted by atomic mass is 10.1. The van der Waals surface area contributed by atoms with Crippen molar-refractivity contribution in [3.05, 3.63) is 70.5 Å². The molecule has 1 heterocycles. The van der Waals surface area contributed by atoms with Gasteiger partial charge in [-0.15, -0.1) is 0 Å². The first-order valence-corrected chi connectivity index (χ1v) is 8.57. The summed E-state index contributed by atoms with van der Waals surface area (Å²) in [5.74, 6) is -0.746. The van der Waals surface area contributed by atoms with E-state index in [2.05, 4.69) is 15.6 Å². The summed E-state index contributed by atoms with van der Waals surface area (Å²) in [6.07, 6.45) is 3.29. The number of anilines is 1. The molecule has 1 unspecified atom stereocenters. The second-order valence-corrected chi connectivity index (χ2v) is 6.52. The van der Waals surface area contributed by atoms with E-state index >= 15 is 0 Å². The molecule has 0 saturated carbocycles. The zero-order chi connectivity index (χ0) is 18.7. The predicted molar refractivity (Wildman–Crippen MR) is 103 cm³/mol. The third-order valence-corrected chi connectivity index (χ3v) is 4.55. The summed E-state index contributed by atoms with van der Waals surface area (Å²) in [5.41, 5.74) is 1.09. The Kier molecular flexibility index (Phi) is 5.40. The van der Waals surface area contributed by atoms with Crippen LogP contribution >= 0.6 is 23.2 Å². The van der Waals surface area contributed by atoms with E-state index in [9.17, 15) is 9.59 Å². The molecule has 132 valence electrons. The minimum Gasteiger partial charge on any atom is -0.341 e. The van der Waals surface area contributed by atoms with Gasteiger partial charge in [-0.25, -0.2) is 0 Å². The van der Waals surface area contributed by atoms with Crippen LogP contribution in [0.4, 0.5) is 5.69 Å². The van der Waals surface area contributed by atoms with E-state index in [0.717, 1.165) is 10.8 Å². The molecular weight excluding hydrogens is 373 g/mol. The van der Waals surface area contributed by atoms with Gasteiger partial charge in [0.05, 0.1) is 21.9 Å². The largest absolute Gasteiger partial charge is 0.341 e. The molecule has 0 spiro atoms. The van der Waals surface area contributed by atoms with Crippen molar-refractivity contribution in [2.75, 3.05) is 5.32 Å². The second-order valence-electron chi connectivity index (χ2n) is 5.70. The number of halogens is 2. The highest BCUT2D eigenvalue weighted by molar-refractivity contribution is 6.42. The molecule has 3 aromatic rings.